The molecule has 1 aromatic heterocycles. The van der Waals surface area contributed by atoms with Gasteiger partial charge in [0.25, 0.3) is 0 Å². The number of hydrogen-bond acceptors (Lipinski definition) is 4. The highest BCUT2D eigenvalue weighted by Crippen LogP contribution is 2.15. The number of thiophene rings is 1. The van der Waals surface area contributed by atoms with E-state index < -0.39 is 10.0 Å². The van der Waals surface area contributed by atoms with Crippen molar-refractivity contribution < 1.29 is 13.2 Å². The van der Waals surface area contributed by atoms with E-state index in [0.717, 1.165) is 16.7 Å². The molecule has 1 aromatic carbocycles. The molecule has 0 fully saturated rings. The Morgan fingerprint density at radius 1 is 1.08 bits per heavy atom. The summed E-state index contributed by atoms with van der Waals surface area (Å²) in [5.41, 5.74) is 1.02. The zero-order valence-electron chi connectivity index (χ0n) is 14.6. The average molecular weight is 381 g/mol. The van der Waals surface area contributed by atoms with Crippen LogP contribution in [0.5, 0.6) is 0 Å². The van der Waals surface area contributed by atoms with Gasteiger partial charge in [-0.15, -0.1) is 11.3 Å². The number of benzene rings is 1. The summed E-state index contributed by atoms with van der Waals surface area (Å²) in [6.45, 7) is 3.07. The van der Waals surface area contributed by atoms with Crippen molar-refractivity contribution in [2.75, 3.05) is 19.3 Å². The minimum atomic E-state index is -3.40. The number of amides is 1. The van der Waals surface area contributed by atoms with Crippen LogP contribution in [0.1, 0.15) is 23.8 Å². The fourth-order valence-electron chi connectivity index (χ4n) is 2.49. The van der Waals surface area contributed by atoms with Crippen LogP contribution >= 0.6 is 11.3 Å². The lowest BCUT2D eigenvalue weighted by Crippen LogP contribution is -2.42. The molecule has 0 N–H and O–H groups in total. The number of hydrogen-bond donors (Lipinski definition) is 0. The van der Waals surface area contributed by atoms with Crippen molar-refractivity contribution in [3.63, 3.8) is 0 Å². The lowest BCUT2D eigenvalue weighted by atomic mass is 10.2. The largest absolute Gasteiger partial charge is 0.332 e. The molecule has 25 heavy (non-hydrogen) atoms. The third kappa shape index (κ3) is 6.26. The highest BCUT2D eigenvalue weighted by molar-refractivity contribution is 7.88. The Bertz CT molecular complexity index is 759. The zero-order chi connectivity index (χ0) is 18.3. The Morgan fingerprint density at radius 2 is 1.80 bits per heavy atom. The molecule has 0 radical (unpaired) electrons. The molecule has 0 aliphatic heterocycles. The van der Waals surface area contributed by atoms with Gasteiger partial charge in [-0.1, -0.05) is 43.3 Å². The number of rotatable bonds is 9. The van der Waals surface area contributed by atoms with Gasteiger partial charge >= 0.3 is 0 Å². The molecule has 1 heterocycles. The normalized spacial score (nSPS) is 11.6. The molecule has 7 heteroatoms. The summed E-state index contributed by atoms with van der Waals surface area (Å²) in [4.78, 5) is 15.6. The van der Waals surface area contributed by atoms with Crippen LogP contribution in [-0.2, 0) is 27.9 Å². The number of carbonyl (C=O) groups excluding carboxylic acids is 1. The molecule has 136 valence electrons. The summed E-state index contributed by atoms with van der Waals surface area (Å²) < 4.78 is 25.1. The molecule has 1 amide bonds. The van der Waals surface area contributed by atoms with Crippen molar-refractivity contribution >= 4 is 27.3 Å². The SMILES string of the molecule is CCCN(CC(=O)N(Cc1ccccc1)Cc1cccs1)S(C)(=O)=O. The van der Waals surface area contributed by atoms with E-state index in [0.29, 0.717) is 26.1 Å². The third-order valence-corrected chi connectivity index (χ3v) is 5.86. The first-order valence-electron chi connectivity index (χ1n) is 8.19. The van der Waals surface area contributed by atoms with Gasteiger partial charge in [0.15, 0.2) is 0 Å². The molecule has 5 nitrogen and oxygen atoms in total. The fourth-order valence-corrected chi connectivity index (χ4v) is 4.07. The monoisotopic (exact) mass is 380 g/mol. The standard InChI is InChI=1S/C18H24N2O3S2/c1-3-11-20(25(2,22)23)15-18(21)19(14-17-10-7-12-24-17)13-16-8-5-4-6-9-16/h4-10,12H,3,11,13-15H2,1-2H3. The van der Waals surface area contributed by atoms with Crippen molar-refractivity contribution in [2.24, 2.45) is 0 Å². The highest BCUT2D eigenvalue weighted by atomic mass is 32.2. The molecule has 0 spiro atoms. The van der Waals surface area contributed by atoms with E-state index in [9.17, 15) is 13.2 Å². The molecular formula is C18H24N2O3S2. The quantitative estimate of drug-likeness (QED) is 0.672. The maximum Gasteiger partial charge on any atom is 0.238 e. The molecule has 2 aromatic rings. The predicted octanol–water partition coefficient (Wildman–Crippen LogP) is 2.95. The van der Waals surface area contributed by atoms with E-state index in [1.54, 1.807) is 16.2 Å². The smallest absolute Gasteiger partial charge is 0.238 e. The molecule has 0 aliphatic carbocycles. The van der Waals surface area contributed by atoms with Crippen molar-refractivity contribution in [1.82, 2.24) is 9.21 Å². The van der Waals surface area contributed by atoms with Crippen molar-refractivity contribution in [1.29, 1.82) is 0 Å². The Kier molecular flexibility index (Phi) is 7.16. The molecule has 0 bridgehead atoms. The maximum atomic E-state index is 12.8. The third-order valence-electron chi connectivity index (χ3n) is 3.75. The van der Waals surface area contributed by atoms with Crippen LogP contribution in [0.25, 0.3) is 0 Å². The van der Waals surface area contributed by atoms with Crippen molar-refractivity contribution in [3.8, 4) is 0 Å². The van der Waals surface area contributed by atoms with Gasteiger partial charge < -0.3 is 4.90 Å². The Labute approximate surface area is 153 Å². The van der Waals surface area contributed by atoms with E-state index in [1.165, 1.54) is 4.31 Å². The minimum absolute atomic E-state index is 0.120. The summed E-state index contributed by atoms with van der Waals surface area (Å²) >= 11 is 1.59. The predicted molar refractivity (Wildman–Crippen MR) is 102 cm³/mol. The molecule has 0 saturated heterocycles. The van der Waals surface area contributed by atoms with Gasteiger partial charge in [0.05, 0.1) is 19.3 Å². The molecule has 0 aliphatic rings. The van der Waals surface area contributed by atoms with E-state index in [1.807, 2.05) is 54.8 Å². The summed E-state index contributed by atoms with van der Waals surface area (Å²) in [5, 5.41) is 1.97. The summed E-state index contributed by atoms with van der Waals surface area (Å²) in [7, 11) is -3.40. The molecule has 0 unspecified atom stereocenters. The topological polar surface area (TPSA) is 57.7 Å². The van der Waals surface area contributed by atoms with Gasteiger partial charge in [-0.2, -0.15) is 4.31 Å². The first-order chi connectivity index (χ1) is 11.9. The maximum absolute atomic E-state index is 12.8. The van der Waals surface area contributed by atoms with Crippen LogP contribution in [0.4, 0.5) is 0 Å². The van der Waals surface area contributed by atoms with Gasteiger partial charge in [0.2, 0.25) is 15.9 Å². The molecular weight excluding hydrogens is 356 g/mol. The van der Waals surface area contributed by atoms with Gasteiger partial charge in [0.1, 0.15) is 0 Å². The van der Waals surface area contributed by atoms with Crippen LogP contribution in [-0.4, -0.2) is 42.9 Å². The van der Waals surface area contributed by atoms with E-state index >= 15 is 0 Å². The van der Waals surface area contributed by atoms with Gasteiger partial charge in [-0.25, -0.2) is 8.42 Å². The van der Waals surface area contributed by atoms with Crippen molar-refractivity contribution in [2.45, 2.75) is 26.4 Å². The lowest BCUT2D eigenvalue weighted by molar-refractivity contribution is -0.132. The Morgan fingerprint density at radius 3 is 2.36 bits per heavy atom. The molecule has 2 rings (SSSR count). The first-order valence-corrected chi connectivity index (χ1v) is 10.9. The first kappa shape index (κ1) is 19.6. The number of sulfonamides is 1. The van der Waals surface area contributed by atoms with Crippen LogP contribution < -0.4 is 0 Å². The molecule has 0 saturated carbocycles. The van der Waals surface area contributed by atoms with E-state index in [2.05, 4.69) is 0 Å². The van der Waals surface area contributed by atoms with Crippen LogP contribution in [0.2, 0.25) is 0 Å². The lowest BCUT2D eigenvalue weighted by Gasteiger charge is -2.26. The summed E-state index contributed by atoms with van der Waals surface area (Å²) in [5.74, 6) is -0.184. The van der Waals surface area contributed by atoms with E-state index in [4.69, 9.17) is 0 Å². The highest BCUT2D eigenvalue weighted by Gasteiger charge is 2.23. The minimum Gasteiger partial charge on any atom is -0.332 e. The second-order valence-corrected chi connectivity index (χ2v) is 8.93. The second-order valence-electron chi connectivity index (χ2n) is 5.91. The van der Waals surface area contributed by atoms with Gasteiger partial charge in [0, 0.05) is 18.0 Å². The van der Waals surface area contributed by atoms with Crippen LogP contribution in [0.15, 0.2) is 47.8 Å². The summed E-state index contributed by atoms with van der Waals surface area (Å²) in [6, 6.07) is 13.7. The van der Waals surface area contributed by atoms with Crippen LogP contribution in [0, 0.1) is 0 Å². The fraction of sp³-hybridized carbons (Fsp3) is 0.389. The zero-order valence-corrected chi connectivity index (χ0v) is 16.2. The summed E-state index contributed by atoms with van der Waals surface area (Å²) in [6.07, 6.45) is 1.82. The van der Waals surface area contributed by atoms with E-state index in [-0.39, 0.29) is 12.5 Å². The Balaban J connectivity index is 2.16. The average Bonchev–Trinajstić information content (AvgIpc) is 3.07. The Hall–Kier alpha value is -1.70. The van der Waals surface area contributed by atoms with Crippen LogP contribution in [0.3, 0.4) is 0 Å². The number of carbonyl (C=O) groups is 1. The second kappa shape index (κ2) is 9.12. The van der Waals surface area contributed by atoms with Crippen molar-refractivity contribution in [3.05, 3.63) is 58.3 Å². The van der Waals surface area contributed by atoms with Gasteiger partial charge in [-0.3, -0.25) is 4.79 Å². The molecule has 0 atom stereocenters. The van der Waals surface area contributed by atoms with Gasteiger partial charge in [-0.05, 0) is 23.4 Å². The number of nitrogens with zero attached hydrogens (tertiary/aromatic N) is 2.